The molecular formula is C21H21ClN4O. The largest absolute Gasteiger partial charge is 0.354 e. The lowest BCUT2D eigenvalue weighted by Crippen LogP contribution is -2.14. The Bertz CT molecular complexity index is 924. The van der Waals surface area contributed by atoms with Crippen LogP contribution in [0.25, 0.3) is 0 Å². The monoisotopic (exact) mass is 380 g/mol. The van der Waals surface area contributed by atoms with Gasteiger partial charge in [0.2, 0.25) is 5.95 Å². The fourth-order valence-corrected chi connectivity index (χ4v) is 2.70. The summed E-state index contributed by atoms with van der Waals surface area (Å²) in [6, 6.07) is 13.7. The van der Waals surface area contributed by atoms with Crippen molar-refractivity contribution in [2.45, 2.75) is 20.3 Å². The Balaban J connectivity index is 1.55. The molecule has 0 radical (unpaired) electrons. The zero-order valence-electron chi connectivity index (χ0n) is 15.3. The number of rotatable bonds is 6. The predicted molar refractivity (Wildman–Crippen MR) is 110 cm³/mol. The lowest BCUT2D eigenvalue weighted by Gasteiger charge is -2.09. The minimum atomic E-state index is -0.226. The maximum absolute atomic E-state index is 12.4. The van der Waals surface area contributed by atoms with Gasteiger partial charge >= 0.3 is 0 Å². The number of carbonyl (C=O) groups excluding carboxylic acids is 1. The van der Waals surface area contributed by atoms with Crippen molar-refractivity contribution in [3.63, 3.8) is 0 Å². The maximum Gasteiger partial charge on any atom is 0.258 e. The van der Waals surface area contributed by atoms with Crippen molar-refractivity contribution in [2.75, 3.05) is 17.2 Å². The van der Waals surface area contributed by atoms with E-state index in [1.54, 1.807) is 0 Å². The molecule has 2 aromatic carbocycles. The number of nitrogens with one attached hydrogen (secondary N) is 2. The fourth-order valence-electron chi connectivity index (χ4n) is 2.57. The SMILES string of the molecule is Cc1ccc(C)c(NC(=O)c2cnc(NCCc3ccc(Cl)cc3)nc2)c1. The predicted octanol–water partition coefficient (Wildman–Crippen LogP) is 4.65. The molecule has 6 heteroatoms. The van der Waals surface area contributed by atoms with E-state index < -0.39 is 0 Å². The van der Waals surface area contributed by atoms with Gasteiger partial charge in [0, 0.05) is 29.6 Å². The third-order valence-electron chi connectivity index (χ3n) is 4.17. The molecule has 5 nitrogen and oxygen atoms in total. The molecule has 0 saturated carbocycles. The first-order valence-electron chi connectivity index (χ1n) is 8.70. The van der Waals surface area contributed by atoms with E-state index in [1.807, 2.05) is 56.3 Å². The van der Waals surface area contributed by atoms with E-state index in [4.69, 9.17) is 11.6 Å². The van der Waals surface area contributed by atoms with Crippen molar-refractivity contribution in [3.8, 4) is 0 Å². The van der Waals surface area contributed by atoms with Gasteiger partial charge in [-0.2, -0.15) is 0 Å². The minimum absolute atomic E-state index is 0.226. The van der Waals surface area contributed by atoms with Crippen LogP contribution in [0.15, 0.2) is 54.9 Å². The van der Waals surface area contributed by atoms with E-state index in [9.17, 15) is 4.79 Å². The molecule has 0 aliphatic rings. The van der Waals surface area contributed by atoms with Gasteiger partial charge in [0.1, 0.15) is 0 Å². The molecule has 0 aliphatic heterocycles. The number of benzene rings is 2. The van der Waals surface area contributed by atoms with Crippen molar-refractivity contribution in [1.29, 1.82) is 0 Å². The number of amides is 1. The molecule has 1 amide bonds. The van der Waals surface area contributed by atoms with Crippen LogP contribution in [0.1, 0.15) is 27.0 Å². The molecular weight excluding hydrogens is 360 g/mol. The van der Waals surface area contributed by atoms with E-state index in [-0.39, 0.29) is 5.91 Å². The molecule has 0 unspecified atom stereocenters. The second-order valence-electron chi connectivity index (χ2n) is 6.37. The van der Waals surface area contributed by atoms with Gasteiger partial charge in [-0.25, -0.2) is 9.97 Å². The second-order valence-corrected chi connectivity index (χ2v) is 6.81. The summed E-state index contributed by atoms with van der Waals surface area (Å²) >= 11 is 5.88. The Hall–Kier alpha value is -2.92. The topological polar surface area (TPSA) is 66.9 Å². The highest BCUT2D eigenvalue weighted by molar-refractivity contribution is 6.30. The van der Waals surface area contributed by atoms with Gasteiger partial charge in [-0.3, -0.25) is 4.79 Å². The molecule has 0 saturated heterocycles. The van der Waals surface area contributed by atoms with E-state index in [0.717, 1.165) is 28.3 Å². The lowest BCUT2D eigenvalue weighted by atomic mass is 10.1. The van der Waals surface area contributed by atoms with Crippen LogP contribution in [0.4, 0.5) is 11.6 Å². The van der Waals surface area contributed by atoms with Gasteiger partial charge < -0.3 is 10.6 Å². The molecule has 0 aliphatic carbocycles. The van der Waals surface area contributed by atoms with Crippen LogP contribution in [-0.4, -0.2) is 22.4 Å². The summed E-state index contributed by atoms with van der Waals surface area (Å²) in [6.07, 6.45) is 3.88. The van der Waals surface area contributed by atoms with Gasteiger partial charge in [-0.05, 0) is 55.2 Å². The second kappa shape index (κ2) is 8.64. The van der Waals surface area contributed by atoms with Crippen LogP contribution in [-0.2, 0) is 6.42 Å². The Morgan fingerprint density at radius 3 is 2.44 bits per heavy atom. The lowest BCUT2D eigenvalue weighted by molar-refractivity contribution is 0.102. The molecule has 0 bridgehead atoms. The van der Waals surface area contributed by atoms with Gasteiger partial charge in [-0.15, -0.1) is 0 Å². The van der Waals surface area contributed by atoms with Gasteiger partial charge in [0.15, 0.2) is 0 Å². The number of hydrogen-bond acceptors (Lipinski definition) is 4. The smallest absolute Gasteiger partial charge is 0.258 e. The highest BCUT2D eigenvalue weighted by Gasteiger charge is 2.09. The van der Waals surface area contributed by atoms with Crippen molar-refractivity contribution >= 4 is 29.1 Å². The molecule has 138 valence electrons. The molecule has 2 N–H and O–H groups in total. The Labute approximate surface area is 163 Å². The fraction of sp³-hybridized carbons (Fsp3) is 0.190. The minimum Gasteiger partial charge on any atom is -0.354 e. The summed E-state index contributed by atoms with van der Waals surface area (Å²) in [6.45, 7) is 4.64. The standard InChI is InChI=1S/C21H21ClN4O/c1-14-3-4-15(2)19(11-14)26-20(27)17-12-24-21(25-13-17)23-10-9-16-5-7-18(22)8-6-16/h3-8,11-13H,9-10H2,1-2H3,(H,26,27)(H,23,24,25). The Morgan fingerprint density at radius 1 is 1.04 bits per heavy atom. The molecule has 1 aromatic heterocycles. The van der Waals surface area contributed by atoms with E-state index >= 15 is 0 Å². The molecule has 27 heavy (non-hydrogen) atoms. The zero-order valence-corrected chi connectivity index (χ0v) is 16.0. The van der Waals surface area contributed by atoms with Crippen LogP contribution in [0.3, 0.4) is 0 Å². The van der Waals surface area contributed by atoms with E-state index in [1.165, 1.54) is 18.0 Å². The van der Waals surface area contributed by atoms with Crippen LogP contribution in [0.2, 0.25) is 5.02 Å². The summed E-state index contributed by atoms with van der Waals surface area (Å²) < 4.78 is 0. The first-order chi connectivity index (χ1) is 13.0. The molecule has 0 atom stereocenters. The summed E-state index contributed by atoms with van der Waals surface area (Å²) in [5.74, 6) is 0.267. The molecule has 0 fully saturated rings. The first-order valence-corrected chi connectivity index (χ1v) is 9.08. The number of aryl methyl sites for hydroxylation is 2. The van der Waals surface area contributed by atoms with Crippen LogP contribution < -0.4 is 10.6 Å². The zero-order chi connectivity index (χ0) is 19.2. The Morgan fingerprint density at radius 2 is 1.74 bits per heavy atom. The van der Waals surface area contributed by atoms with Crippen LogP contribution in [0.5, 0.6) is 0 Å². The maximum atomic E-state index is 12.4. The quantitative estimate of drug-likeness (QED) is 0.653. The van der Waals surface area contributed by atoms with Crippen LogP contribution in [0, 0.1) is 13.8 Å². The summed E-state index contributed by atoms with van der Waals surface area (Å²) in [7, 11) is 0. The van der Waals surface area contributed by atoms with Gasteiger partial charge in [-0.1, -0.05) is 35.9 Å². The molecule has 0 spiro atoms. The highest BCUT2D eigenvalue weighted by atomic mass is 35.5. The number of halogens is 1. The first kappa shape index (κ1) is 18.9. The molecule has 1 heterocycles. The third-order valence-corrected chi connectivity index (χ3v) is 4.42. The normalized spacial score (nSPS) is 10.5. The number of anilines is 2. The van der Waals surface area contributed by atoms with Crippen molar-refractivity contribution in [1.82, 2.24) is 9.97 Å². The average molecular weight is 381 g/mol. The van der Waals surface area contributed by atoms with Crippen molar-refractivity contribution < 1.29 is 4.79 Å². The molecule has 3 rings (SSSR count). The van der Waals surface area contributed by atoms with Crippen LogP contribution >= 0.6 is 11.6 Å². The third kappa shape index (κ3) is 5.28. The van der Waals surface area contributed by atoms with Gasteiger partial charge in [0.25, 0.3) is 5.91 Å². The summed E-state index contributed by atoms with van der Waals surface area (Å²) in [5, 5.41) is 6.79. The van der Waals surface area contributed by atoms with E-state index in [2.05, 4.69) is 20.6 Å². The number of hydrogen-bond donors (Lipinski definition) is 2. The number of aromatic nitrogens is 2. The summed E-state index contributed by atoms with van der Waals surface area (Å²) in [4.78, 5) is 20.8. The highest BCUT2D eigenvalue weighted by Crippen LogP contribution is 2.17. The Kier molecular flexibility index (Phi) is 6.04. The van der Waals surface area contributed by atoms with E-state index in [0.29, 0.717) is 18.1 Å². The van der Waals surface area contributed by atoms with Crippen molar-refractivity contribution in [2.24, 2.45) is 0 Å². The number of carbonyl (C=O) groups is 1. The number of nitrogens with zero attached hydrogens (tertiary/aromatic N) is 2. The average Bonchev–Trinajstić information content (AvgIpc) is 2.67. The molecule has 3 aromatic rings. The van der Waals surface area contributed by atoms with Gasteiger partial charge in [0.05, 0.1) is 5.56 Å². The van der Waals surface area contributed by atoms with Crippen molar-refractivity contribution in [3.05, 3.63) is 82.1 Å². The summed E-state index contributed by atoms with van der Waals surface area (Å²) in [5.41, 5.74) is 4.49.